The second-order valence-corrected chi connectivity index (χ2v) is 4.26. The van der Waals surface area contributed by atoms with Gasteiger partial charge in [-0.15, -0.1) is 0 Å². The molecular formula is C10H18. The summed E-state index contributed by atoms with van der Waals surface area (Å²) in [5.74, 6) is 1.20. The van der Waals surface area contributed by atoms with E-state index in [1.54, 1.807) is 25.7 Å². The van der Waals surface area contributed by atoms with E-state index in [9.17, 15) is 0 Å². The Morgan fingerprint density at radius 1 is 1.40 bits per heavy atom. The normalized spacial score (nSPS) is 42.3. The van der Waals surface area contributed by atoms with Gasteiger partial charge in [-0.25, -0.2) is 0 Å². The molecule has 2 fully saturated rings. The van der Waals surface area contributed by atoms with Crippen molar-refractivity contribution in [1.82, 2.24) is 0 Å². The van der Waals surface area contributed by atoms with Crippen LogP contribution in [0.1, 0.15) is 51.9 Å². The smallest absolute Gasteiger partial charge is 0.0266 e. The first-order valence-corrected chi connectivity index (χ1v) is 4.87. The molecule has 0 amide bonds. The Labute approximate surface area is 64.0 Å². The summed E-state index contributed by atoms with van der Waals surface area (Å²) >= 11 is 0. The van der Waals surface area contributed by atoms with Crippen molar-refractivity contribution < 1.29 is 0 Å². The highest BCUT2D eigenvalue weighted by molar-refractivity contribution is 5.09. The summed E-state index contributed by atoms with van der Waals surface area (Å²) in [6.07, 6.45) is 10.7. The number of hydrogen-bond donors (Lipinski definition) is 0. The van der Waals surface area contributed by atoms with Gasteiger partial charge in [-0.05, 0) is 37.0 Å². The lowest BCUT2D eigenvalue weighted by Crippen LogP contribution is -2.13. The first-order chi connectivity index (χ1) is 4.87. The zero-order valence-electron chi connectivity index (χ0n) is 7.03. The third-order valence-electron chi connectivity index (χ3n) is 3.63. The van der Waals surface area contributed by atoms with Crippen molar-refractivity contribution in [3.05, 3.63) is 0 Å². The lowest BCUT2D eigenvalue weighted by atomic mass is 9.81. The molecule has 0 aromatic carbocycles. The van der Waals surface area contributed by atoms with Gasteiger partial charge >= 0.3 is 0 Å². The minimum Gasteiger partial charge on any atom is -0.0654 e. The van der Waals surface area contributed by atoms with E-state index in [1.807, 2.05) is 0 Å². The van der Waals surface area contributed by atoms with Crippen molar-refractivity contribution in [3.63, 3.8) is 0 Å². The lowest BCUT2D eigenvalue weighted by Gasteiger charge is -2.24. The fraction of sp³-hybridized carbons (Fsp3) is 1.00. The largest absolute Gasteiger partial charge is 0.0654 e. The molecule has 0 heterocycles. The minimum absolute atomic E-state index is 0.940. The second-order valence-electron chi connectivity index (χ2n) is 4.26. The maximum absolute atomic E-state index is 2.29. The van der Waals surface area contributed by atoms with Gasteiger partial charge in [-0.3, -0.25) is 0 Å². The maximum atomic E-state index is 2.29. The molecule has 2 unspecified atom stereocenters. The molecule has 0 N–H and O–H groups in total. The van der Waals surface area contributed by atoms with Crippen LogP contribution in [0.3, 0.4) is 0 Å². The maximum Gasteiger partial charge on any atom is -0.0266 e. The highest BCUT2D eigenvalue weighted by Gasteiger charge is 2.59. The average molecular weight is 138 g/mol. The van der Waals surface area contributed by atoms with E-state index in [-0.39, 0.29) is 0 Å². The molecule has 0 heteroatoms. The molecule has 2 rings (SSSR count). The SMILES string of the molecule is CCCCCC12CCC1C2. The van der Waals surface area contributed by atoms with E-state index in [2.05, 4.69) is 6.92 Å². The van der Waals surface area contributed by atoms with Crippen LogP contribution in [0, 0.1) is 11.3 Å². The second kappa shape index (κ2) is 2.25. The van der Waals surface area contributed by atoms with E-state index in [0.717, 1.165) is 5.41 Å². The number of rotatable bonds is 4. The van der Waals surface area contributed by atoms with Gasteiger partial charge in [0, 0.05) is 0 Å². The monoisotopic (exact) mass is 138 g/mol. The number of fused-ring (bicyclic) bond motifs is 1. The molecule has 0 aromatic rings. The van der Waals surface area contributed by atoms with E-state index in [0.29, 0.717) is 0 Å². The van der Waals surface area contributed by atoms with Crippen LogP contribution in [0.15, 0.2) is 0 Å². The highest BCUT2D eigenvalue weighted by atomic mass is 14.6. The summed E-state index contributed by atoms with van der Waals surface area (Å²) in [4.78, 5) is 0. The van der Waals surface area contributed by atoms with Crippen LogP contribution < -0.4 is 0 Å². The van der Waals surface area contributed by atoms with Gasteiger partial charge in [0.25, 0.3) is 0 Å². The van der Waals surface area contributed by atoms with Crippen LogP contribution in [-0.2, 0) is 0 Å². The van der Waals surface area contributed by atoms with Gasteiger partial charge in [-0.1, -0.05) is 26.2 Å². The van der Waals surface area contributed by atoms with Gasteiger partial charge in [0.2, 0.25) is 0 Å². The summed E-state index contributed by atoms with van der Waals surface area (Å²) in [5, 5.41) is 0. The topological polar surface area (TPSA) is 0 Å². The first kappa shape index (κ1) is 6.69. The standard InChI is InChI=1S/C10H18/c1-2-3-4-6-10-7-5-9(10)8-10/h9H,2-8H2,1H3. The van der Waals surface area contributed by atoms with Crippen LogP contribution in [-0.4, -0.2) is 0 Å². The fourth-order valence-electron chi connectivity index (χ4n) is 2.55. The molecule has 0 aromatic heterocycles. The van der Waals surface area contributed by atoms with Gasteiger partial charge in [0.1, 0.15) is 0 Å². The molecule has 2 aliphatic carbocycles. The Balaban J connectivity index is 1.63. The third-order valence-corrected chi connectivity index (χ3v) is 3.63. The number of unbranched alkanes of at least 4 members (excludes halogenated alkanes) is 2. The van der Waals surface area contributed by atoms with Gasteiger partial charge in [-0.2, -0.15) is 0 Å². The summed E-state index contributed by atoms with van der Waals surface area (Å²) < 4.78 is 0. The Hall–Kier alpha value is 0. The van der Waals surface area contributed by atoms with E-state index in [1.165, 1.54) is 25.2 Å². The highest BCUT2D eigenvalue weighted by Crippen LogP contribution is 2.69. The van der Waals surface area contributed by atoms with E-state index in [4.69, 9.17) is 0 Å². The van der Waals surface area contributed by atoms with Crippen LogP contribution in [0.2, 0.25) is 0 Å². The van der Waals surface area contributed by atoms with Crippen LogP contribution >= 0.6 is 0 Å². The first-order valence-electron chi connectivity index (χ1n) is 4.87. The molecule has 2 atom stereocenters. The molecule has 0 nitrogen and oxygen atoms in total. The Morgan fingerprint density at radius 3 is 2.70 bits per heavy atom. The summed E-state index contributed by atoms with van der Waals surface area (Å²) in [7, 11) is 0. The Bertz CT molecular complexity index is 124. The number of hydrogen-bond acceptors (Lipinski definition) is 0. The minimum atomic E-state index is 0.940. The van der Waals surface area contributed by atoms with Crippen molar-refractivity contribution >= 4 is 0 Å². The van der Waals surface area contributed by atoms with Crippen molar-refractivity contribution in [1.29, 1.82) is 0 Å². The zero-order valence-corrected chi connectivity index (χ0v) is 7.03. The molecule has 2 saturated carbocycles. The van der Waals surface area contributed by atoms with Crippen molar-refractivity contribution in [2.45, 2.75) is 51.9 Å². The molecule has 0 aliphatic heterocycles. The predicted molar refractivity (Wildman–Crippen MR) is 43.9 cm³/mol. The molecule has 0 spiro atoms. The molecule has 58 valence electrons. The summed E-state index contributed by atoms with van der Waals surface area (Å²) in [6, 6.07) is 0. The Kier molecular flexibility index (Phi) is 1.51. The van der Waals surface area contributed by atoms with Crippen LogP contribution in [0.5, 0.6) is 0 Å². The van der Waals surface area contributed by atoms with E-state index < -0.39 is 0 Å². The Morgan fingerprint density at radius 2 is 2.30 bits per heavy atom. The van der Waals surface area contributed by atoms with Crippen molar-refractivity contribution in [2.24, 2.45) is 11.3 Å². The van der Waals surface area contributed by atoms with E-state index >= 15 is 0 Å². The predicted octanol–water partition coefficient (Wildman–Crippen LogP) is 3.37. The molecule has 0 bridgehead atoms. The van der Waals surface area contributed by atoms with Gasteiger partial charge in [0.05, 0.1) is 0 Å². The van der Waals surface area contributed by atoms with Crippen molar-refractivity contribution in [3.8, 4) is 0 Å². The molecule has 0 radical (unpaired) electrons. The summed E-state index contributed by atoms with van der Waals surface area (Å²) in [5.41, 5.74) is 0.940. The molecule has 10 heavy (non-hydrogen) atoms. The van der Waals surface area contributed by atoms with Gasteiger partial charge < -0.3 is 0 Å². The quantitative estimate of drug-likeness (QED) is 0.522. The van der Waals surface area contributed by atoms with Gasteiger partial charge in [0.15, 0.2) is 0 Å². The third kappa shape index (κ3) is 0.889. The summed E-state index contributed by atoms with van der Waals surface area (Å²) in [6.45, 7) is 2.29. The molecule has 0 saturated heterocycles. The fourth-order valence-corrected chi connectivity index (χ4v) is 2.55. The zero-order chi connectivity index (χ0) is 7.03. The van der Waals surface area contributed by atoms with Crippen LogP contribution in [0.25, 0.3) is 0 Å². The average Bonchev–Trinajstić information content (AvgIpc) is 2.40. The molecule has 2 aliphatic rings. The molecular weight excluding hydrogens is 120 g/mol. The van der Waals surface area contributed by atoms with Crippen LogP contribution in [0.4, 0.5) is 0 Å². The van der Waals surface area contributed by atoms with Crippen molar-refractivity contribution in [2.75, 3.05) is 0 Å². The lowest BCUT2D eigenvalue weighted by molar-refractivity contribution is 0.265.